The maximum Gasteiger partial charge on any atom is 0.338 e. The van der Waals surface area contributed by atoms with Gasteiger partial charge < -0.3 is 9.16 Å². The van der Waals surface area contributed by atoms with Gasteiger partial charge in [0.25, 0.3) is 9.04 Å². The third-order valence-corrected chi connectivity index (χ3v) is 7.67. The lowest BCUT2D eigenvalue weighted by atomic mass is 9.65. The van der Waals surface area contributed by atoms with Crippen molar-refractivity contribution in [2.24, 2.45) is 0 Å². The standard InChI is InChI=1S/C31H43O3Si/c1-9-33-29(32)24-15-13-23(14-16-24)21-22(2)25-17-18-26(30(3,4)5)27(28(25)34-35(7)8)31(6)19-11-10-12-20-31/h13-18,21H,9-12,19-20H2,1-8H3/b22-21+. The first-order chi connectivity index (χ1) is 16.5. The normalized spacial score (nSPS) is 16.3. The molecule has 0 N–H and O–H groups in total. The summed E-state index contributed by atoms with van der Waals surface area (Å²) in [6.45, 7) is 18.2. The molecule has 0 unspecified atom stereocenters. The predicted octanol–water partition coefficient (Wildman–Crippen LogP) is 8.57. The number of hydrogen-bond donors (Lipinski definition) is 0. The van der Waals surface area contributed by atoms with Crippen LogP contribution in [0.4, 0.5) is 0 Å². The molecule has 0 heterocycles. The van der Waals surface area contributed by atoms with Crippen molar-refractivity contribution in [1.29, 1.82) is 0 Å². The van der Waals surface area contributed by atoms with Crippen molar-refractivity contribution in [2.75, 3.05) is 6.61 Å². The molecule has 1 saturated carbocycles. The highest BCUT2D eigenvalue weighted by molar-refractivity contribution is 6.49. The second-order valence-electron chi connectivity index (χ2n) is 11.4. The molecule has 3 nitrogen and oxygen atoms in total. The van der Waals surface area contributed by atoms with Crippen molar-refractivity contribution in [2.45, 2.75) is 97.6 Å². The first kappa shape index (κ1) is 27.3. The molecule has 1 fully saturated rings. The largest absolute Gasteiger partial charge is 0.542 e. The van der Waals surface area contributed by atoms with Gasteiger partial charge in [0.05, 0.1) is 12.2 Å². The zero-order valence-electron chi connectivity index (χ0n) is 23.0. The van der Waals surface area contributed by atoms with Gasteiger partial charge in [0, 0.05) is 11.1 Å². The van der Waals surface area contributed by atoms with Gasteiger partial charge in [0.2, 0.25) is 0 Å². The molecule has 0 amide bonds. The molecule has 4 heteroatoms. The average Bonchev–Trinajstić information content (AvgIpc) is 2.78. The summed E-state index contributed by atoms with van der Waals surface area (Å²) in [5, 5.41) is 0. The molecule has 2 aromatic rings. The summed E-state index contributed by atoms with van der Waals surface area (Å²) in [4.78, 5) is 12.0. The van der Waals surface area contributed by atoms with Crippen LogP contribution in [0, 0.1) is 0 Å². The fourth-order valence-electron chi connectivity index (χ4n) is 5.27. The molecule has 35 heavy (non-hydrogen) atoms. The van der Waals surface area contributed by atoms with E-state index in [1.54, 1.807) is 0 Å². The molecule has 0 aromatic heterocycles. The van der Waals surface area contributed by atoms with Crippen molar-refractivity contribution >= 4 is 26.7 Å². The molecule has 0 spiro atoms. The molecular weight excluding hydrogens is 448 g/mol. The van der Waals surface area contributed by atoms with E-state index in [0.29, 0.717) is 12.2 Å². The summed E-state index contributed by atoms with van der Waals surface area (Å²) >= 11 is 0. The molecule has 0 bridgehead atoms. The number of rotatable bonds is 7. The first-order valence-electron chi connectivity index (χ1n) is 13.1. The lowest BCUT2D eigenvalue weighted by Gasteiger charge is -2.40. The fraction of sp³-hybridized carbons (Fsp3) is 0.516. The van der Waals surface area contributed by atoms with E-state index >= 15 is 0 Å². The number of ether oxygens (including phenoxy) is 1. The Morgan fingerprint density at radius 2 is 1.66 bits per heavy atom. The average molecular weight is 492 g/mol. The number of carbonyl (C=O) groups excluding carboxylic acids is 1. The summed E-state index contributed by atoms with van der Waals surface area (Å²) in [6, 6.07) is 12.2. The third kappa shape index (κ3) is 6.46. The van der Waals surface area contributed by atoms with Gasteiger partial charge in [-0.2, -0.15) is 0 Å². The SMILES string of the molecule is CCOC(=O)c1ccc(/C=C(\C)c2ccc(C(C)(C)C)c(C3(C)CCCCC3)c2O[Si](C)C)cc1. The number of allylic oxidation sites excluding steroid dienone is 1. The lowest BCUT2D eigenvalue weighted by molar-refractivity contribution is 0.0526. The second-order valence-corrected chi connectivity index (χ2v) is 13.4. The number of benzene rings is 2. The maximum absolute atomic E-state index is 12.0. The molecule has 0 aliphatic heterocycles. The zero-order valence-corrected chi connectivity index (χ0v) is 24.0. The van der Waals surface area contributed by atoms with Crippen LogP contribution in [0.1, 0.15) is 106 Å². The van der Waals surface area contributed by atoms with Gasteiger partial charge in [-0.1, -0.05) is 77.3 Å². The number of hydrogen-bond acceptors (Lipinski definition) is 3. The first-order valence-corrected chi connectivity index (χ1v) is 15.5. The summed E-state index contributed by atoms with van der Waals surface area (Å²) < 4.78 is 11.9. The van der Waals surface area contributed by atoms with Crippen LogP contribution in [0.2, 0.25) is 13.1 Å². The minimum Gasteiger partial charge on any atom is -0.542 e. The Bertz CT molecular complexity index is 1050. The van der Waals surface area contributed by atoms with Crippen LogP contribution in [-0.4, -0.2) is 21.6 Å². The van der Waals surface area contributed by atoms with Gasteiger partial charge in [-0.3, -0.25) is 0 Å². The number of esters is 1. The number of carbonyl (C=O) groups is 1. The van der Waals surface area contributed by atoms with Gasteiger partial charge in [0.15, 0.2) is 0 Å². The highest BCUT2D eigenvalue weighted by atomic mass is 28.3. The predicted molar refractivity (Wildman–Crippen MR) is 150 cm³/mol. The van der Waals surface area contributed by atoms with Crippen molar-refractivity contribution < 1.29 is 14.0 Å². The van der Waals surface area contributed by atoms with Gasteiger partial charge in [-0.25, -0.2) is 4.79 Å². The van der Waals surface area contributed by atoms with E-state index in [0.717, 1.165) is 11.3 Å². The molecular formula is C31H43O3Si. The van der Waals surface area contributed by atoms with Crippen LogP contribution in [0.25, 0.3) is 11.6 Å². The monoisotopic (exact) mass is 491 g/mol. The van der Waals surface area contributed by atoms with Gasteiger partial charge in [-0.05, 0) is 79.4 Å². The highest BCUT2D eigenvalue weighted by Crippen LogP contribution is 2.49. The Morgan fingerprint density at radius 1 is 1.03 bits per heavy atom. The van der Waals surface area contributed by atoms with Crippen LogP contribution >= 0.6 is 0 Å². The zero-order chi connectivity index (χ0) is 25.8. The Kier molecular flexibility index (Phi) is 8.69. The quantitative estimate of drug-likeness (QED) is 0.221. The van der Waals surface area contributed by atoms with E-state index in [9.17, 15) is 4.79 Å². The Labute approximate surface area is 214 Å². The van der Waals surface area contributed by atoms with Gasteiger partial charge in [0.1, 0.15) is 5.75 Å². The minimum atomic E-state index is -0.961. The molecule has 3 rings (SSSR count). The molecule has 0 saturated heterocycles. The van der Waals surface area contributed by atoms with Crippen molar-refractivity contribution in [3.05, 3.63) is 64.2 Å². The van der Waals surface area contributed by atoms with Crippen molar-refractivity contribution in [3.8, 4) is 5.75 Å². The maximum atomic E-state index is 12.0. The van der Waals surface area contributed by atoms with Crippen molar-refractivity contribution in [1.82, 2.24) is 0 Å². The molecule has 2 aromatic carbocycles. The Morgan fingerprint density at radius 3 is 2.20 bits per heavy atom. The summed E-state index contributed by atoms with van der Waals surface area (Å²) in [5.41, 5.74) is 7.01. The topological polar surface area (TPSA) is 35.5 Å². The second kappa shape index (κ2) is 11.2. The van der Waals surface area contributed by atoms with Gasteiger partial charge >= 0.3 is 5.97 Å². The van der Waals surface area contributed by atoms with E-state index in [1.807, 2.05) is 31.2 Å². The Hall–Kier alpha value is -2.33. The summed E-state index contributed by atoms with van der Waals surface area (Å²) in [6.07, 6.45) is 8.50. The third-order valence-electron chi connectivity index (χ3n) is 7.06. The molecule has 189 valence electrons. The van der Waals surface area contributed by atoms with E-state index in [-0.39, 0.29) is 16.8 Å². The van der Waals surface area contributed by atoms with E-state index < -0.39 is 9.04 Å². The van der Waals surface area contributed by atoms with Crippen LogP contribution in [0.15, 0.2) is 36.4 Å². The van der Waals surface area contributed by atoms with E-state index in [2.05, 4.69) is 65.9 Å². The lowest BCUT2D eigenvalue weighted by Crippen LogP contribution is -2.31. The minimum absolute atomic E-state index is 0.0430. The van der Waals surface area contributed by atoms with E-state index in [4.69, 9.17) is 9.16 Å². The van der Waals surface area contributed by atoms with Crippen LogP contribution in [-0.2, 0) is 15.6 Å². The summed E-state index contributed by atoms with van der Waals surface area (Å²) in [7, 11) is -0.961. The van der Waals surface area contributed by atoms with Crippen molar-refractivity contribution in [3.63, 3.8) is 0 Å². The fourth-order valence-corrected chi connectivity index (χ4v) is 5.89. The Balaban J connectivity index is 2.14. The van der Waals surface area contributed by atoms with E-state index in [1.165, 1.54) is 54.4 Å². The highest BCUT2D eigenvalue weighted by Gasteiger charge is 2.37. The van der Waals surface area contributed by atoms with Gasteiger partial charge in [-0.15, -0.1) is 0 Å². The molecule has 1 aliphatic rings. The van der Waals surface area contributed by atoms with Crippen LogP contribution < -0.4 is 4.43 Å². The smallest absolute Gasteiger partial charge is 0.338 e. The molecule has 1 aliphatic carbocycles. The van der Waals surface area contributed by atoms with Crippen LogP contribution in [0.5, 0.6) is 5.75 Å². The van der Waals surface area contributed by atoms with Crippen LogP contribution in [0.3, 0.4) is 0 Å². The summed E-state index contributed by atoms with van der Waals surface area (Å²) in [5.74, 6) is 0.816. The molecule has 0 atom stereocenters. The molecule has 1 radical (unpaired) electrons.